The molecule has 1 heterocycles. The fourth-order valence-corrected chi connectivity index (χ4v) is 1.86. The molecular weight excluding hydrogens is 236 g/mol. The van der Waals surface area contributed by atoms with Crippen molar-refractivity contribution < 1.29 is 9.53 Å². The van der Waals surface area contributed by atoms with Gasteiger partial charge in [-0.25, -0.2) is 0 Å². The standard InChI is InChI=1S/C12H12N2O2S/c1-2-7-16-10-6-4-3-5-9(10)12(15)11-8-13-14-17-11/h3-6,8H,2,7H2,1H3. The Morgan fingerprint density at radius 3 is 2.94 bits per heavy atom. The predicted molar refractivity (Wildman–Crippen MR) is 65.6 cm³/mol. The third-order valence-electron chi connectivity index (χ3n) is 2.18. The molecule has 5 heteroatoms. The number of hydrogen-bond acceptors (Lipinski definition) is 5. The van der Waals surface area contributed by atoms with Gasteiger partial charge in [0.05, 0.1) is 18.4 Å². The molecule has 0 amide bonds. The smallest absolute Gasteiger partial charge is 0.209 e. The summed E-state index contributed by atoms with van der Waals surface area (Å²) in [6.07, 6.45) is 2.38. The molecule has 0 atom stereocenters. The number of nitrogens with zero attached hydrogens (tertiary/aromatic N) is 2. The normalized spacial score (nSPS) is 10.2. The van der Waals surface area contributed by atoms with Crippen LogP contribution in [-0.4, -0.2) is 22.0 Å². The molecule has 0 spiro atoms. The van der Waals surface area contributed by atoms with Crippen LogP contribution in [0.3, 0.4) is 0 Å². The lowest BCUT2D eigenvalue weighted by Crippen LogP contribution is -2.04. The molecule has 0 aliphatic rings. The fourth-order valence-electron chi connectivity index (χ4n) is 1.39. The predicted octanol–water partition coefficient (Wildman–Crippen LogP) is 2.56. The maximum Gasteiger partial charge on any atom is 0.209 e. The van der Waals surface area contributed by atoms with Crippen molar-refractivity contribution in [3.63, 3.8) is 0 Å². The van der Waals surface area contributed by atoms with Crippen LogP contribution in [0.4, 0.5) is 0 Å². The lowest BCUT2D eigenvalue weighted by molar-refractivity contribution is 0.103. The lowest BCUT2D eigenvalue weighted by atomic mass is 10.1. The van der Waals surface area contributed by atoms with Crippen LogP contribution in [0, 0.1) is 0 Å². The summed E-state index contributed by atoms with van der Waals surface area (Å²) >= 11 is 1.09. The first kappa shape index (κ1) is 11.7. The number of ketones is 1. The molecule has 0 fully saturated rings. The molecule has 0 saturated heterocycles. The number of carbonyl (C=O) groups is 1. The van der Waals surface area contributed by atoms with Crippen LogP contribution >= 0.6 is 11.5 Å². The van der Waals surface area contributed by atoms with Crippen LogP contribution in [0.15, 0.2) is 30.5 Å². The van der Waals surface area contributed by atoms with Crippen molar-refractivity contribution in [2.45, 2.75) is 13.3 Å². The van der Waals surface area contributed by atoms with E-state index in [0.717, 1.165) is 18.0 Å². The van der Waals surface area contributed by atoms with E-state index in [2.05, 4.69) is 9.59 Å². The average molecular weight is 248 g/mol. The Morgan fingerprint density at radius 1 is 1.41 bits per heavy atom. The number of ether oxygens (including phenoxy) is 1. The van der Waals surface area contributed by atoms with Crippen molar-refractivity contribution in [2.24, 2.45) is 0 Å². The first-order valence-corrected chi connectivity index (χ1v) is 6.14. The lowest BCUT2D eigenvalue weighted by Gasteiger charge is -2.08. The van der Waals surface area contributed by atoms with Crippen molar-refractivity contribution in [3.8, 4) is 5.75 Å². The van der Waals surface area contributed by atoms with E-state index in [1.54, 1.807) is 12.1 Å². The van der Waals surface area contributed by atoms with Crippen molar-refractivity contribution in [1.29, 1.82) is 0 Å². The van der Waals surface area contributed by atoms with Gasteiger partial charge in [0.1, 0.15) is 10.6 Å². The zero-order valence-corrected chi connectivity index (χ0v) is 10.2. The van der Waals surface area contributed by atoms with Crippen molar-refractivity contribution in [1.82, 2.24) is 9.59 Å². The SMILES string of the molecule is CCCOc1ccccc1C(=O)c1cnns1. The summed E-state index contributed by atoms with van der Waals surface area (Å²) in [5.41, 5.74) is 0.562. The number of aromatic nitrogens is 2. The maximum atomic E-state index is 12.1. The van der Waals surface area contributed by atoms with E-state index in [4.69, 9.17) is 4.74 Å². The number of benzene rings is 1. The highest BCUT2D eigenvalue weighted by Crippen LogP contribution is 2.22. The Hall–Kier alpha value is -1.75. The fraction of sp³-hybridized carbons (Fsp3) is 0.250. The number of carbonyl (C=O) groups excluding carboxylic acids is 1. The van der Waals surface area contributed by atoms with Crippen LogP contribution < -0.4 is 4.74 Å². The van der Waals surface area contributed by atoms with Gasteiger partial charge in [0.2, 0.25) is 5.78 Å². The van der Waals surface area contributed by atoms with E-state index < -0.39 is 0 Å². The third-order valence-corrected chi connectivity index (χ3v) is 2.84. The van der Waals surface area contributed by atoms with Gasteiger partial charge in [0, 0.05) is 0 Å². The van der Waals surface area contributed by atoms with Gasteiger partial charge in [-0.05, 0) is 30.1 Å². The van der Waals surface area contributed by atoms with E-state index >= 15 is 0 Å². The molecule has 2 aromatic rings. The minimum Gasteiger partial charge on any atom is -0.493 e. The summed E-state index contributed by atoms with van der Waals surface area (Å²) in [6, 6.07) is 7.23. The van der Waals surface area contributed by atoms with Gasteiger partial charge < -0.3 is 4.74 Å². The number of rotatable bonds is 5. The minimum absolute atomic E-state index is 0.0910. The summed E-state index contributed by atoms with van der Waals surface area (Å²) in [5.74, 6) is 0.527. The van der Waals surface area contributed by atoms with Crippen molar-refractivity contribution >= 4 is 17.3 Å². The molecule has 88 valence electrons. The Morgan fingerprint density at radius 2 is 2.24 bits per heavy atom. The van der Waals surface area contributed by atoms with E-state index in [1.165, 1.54) is 6.20 Å². The minimum atomic E-state index is -0.0910. The number of hydrogen-bond donors (Lipinski definition) is 0. The molecule has 17 heavy (non-hydrogen) atoms. The highest BCUT2D eigenvalue weighted by atomic mass is 32.1. The van der Waals surface area contributed by atoms with Crippen LogP contribution in [0.5, 0.6) is 5.75 Å². The molecular formula is C12H12N2O2S. The molecule has 0 unspecified atom stereocenters. The van der Waals surface area contributed by atoms with E-state index in [0.29, 0.717) is 22.8 Å². The molecule has 4 nitrogen and oxygen atoms in total. The first-order chi connectivity index (χ1) is 8.33. The van der Waals surface area contributed by atoms with Crippen LogP contribution in [-0.2, 0) is 0 Å². The summed E-state index contributed by atoms with van der Waals surface area (Å²) in [6.45, 7) is 2.63. The molecule has 0 aliphatic heterocycles. The van der Waals surface area contributed by atoms with Crippen LogP contribution in [0.25, 0.3) is 0 Å². The van der Waals surface area contributed by atoms with E-state index in [-0.39, 0.29) is 5.78 Å². The number of para-hydroxylation sites is 1. The highest BCUT2D eigenvalue weighted by Gasteiger charge is 2.16. The van der Waals surface area contributed by atoms with Gasteiger partial charge in [0.15, 0.2) is 0 Å². The van der Waals surface area contributed by atoms with Gasteiger partial charge >= 0.3 is 0 Å². The largest absolute Gasteiger partial charge is 0.493 e. The summed E-state index contributed by atoms with van der Waals surface area (Å²) < 4.78 is 9.24. The Balaban J connectivity index is 2.28. The molecule has 1 aromatic carbocycles. The average Bonchev–Trinajstić information content (AvgIpc) is 2.89. The van der Waals surface area contributed by atoms with Crippen LogP contribution in [0.2, 0.25) is 0 Å². The molecule has 0 aliphatic carbocycles. The van der Waals surface area contributed by atoms with Crippen LogP contribution in [0.1, 0.15) is 28.6 Å². The second-order valence-electron chi connectivity index (χ2n) is 3.46. The Kier molecular flexibility index (Phi) is 3.82. The third kappa shape index (κ3) is 2.68. The van der Waals surface area contributed by atoms with Gasteiger partial charge in [-0.1, -0.05) is 23.5 Å². The van der Waals surface area contributed by atoms with E-state index in [9.17, 15) is 4.79 Å². The van der Waals surface area contributed by atoms with E-state index in [1.807, 2.05) is 19.1 Å². The quantitative estimate of drug-likeness (QED) is 0.763. The molecule has 2 rings (SSSR count). The highest BCUT2D eigenvalue weighted by molar-refractivity contribution is 7.08. The monoisotopic (exact) mass is 248 g/mol. The van der Waals surface area contributed by atoms with Gasteiger partial charge in [-0.3, -0.25) is 4.79 Å². The molecule has 0 N–H and O–H groups in total. The van der Waals surface area contributed by atoms with Crippen molar-refractivity contribution in [2.75, 3.05) is 6.61 Å². The topological polar surface area (TPSA) is 52.1 Å². The molecule has 0 saturated carbocycles. The molecule has 0 bridgehead atoms. The van der Waals surface area contributed by atoms with Crippen molar-refractivity contribution in [3.05, 3.63) is 40.9 Å². The summed E-state index contributed by atoms with van der Waals surface area (Å²) in [4.78, 5) is 12.7. The Labute approximate surface area is 103 Å². The Bertz CT molecular complexity index is 497. The summed E-state index contributed by atoms with van der Waals surface area (Å²) in [5, 5.41) is 3.67. The van der Waals surface area contributed by atoms with Gasteiger partial charge in [-0.2, -0.15) is 0 Å². The summed E-state index contributed by atoms with van der Waals surface area (Å²) in [7, 11) is 0. The van der Waals surface area contributed by atoms with Gasteiger partial charge in [-0.15, -0.1) is 5.10 Å². The zero-order valence-electron chi connectivity index (χ0n) is 9.42. The second-order valence-corrected chi connectivity index (χ2v) is 4.24. The zero-order chi connectivity index (χ0) is 12.1. The molecule has 0 radical (unpaired) electrons. The molecule has 1 aromatic heterocycles. The maximum absolute atomic E-state index is 12.1. The van der Waals surface area contributed by atoms with Gasteiger partial charge in [0.25, 0.3) is 0 Å². The first-order valence-electron chi connectivity index (χ1n) is 5.36. The second kappa shape index (κ2) is 5.54.